The Bertz CT molecular complexity index is 500. The van der Waals surface area contributed by atoms with E-state index in [1.807, 2.05) is 4.90 Å². The lowest BCUT2D eigenvalue weighted by atomic mass is 9.93. The highest BCUT2D eigenvalue weighted by molar-refractivity contribution is 5.92. The molecule has 0 aromatic carbocycles. The molecule has 1 amide bonds. The van der Waals surface area contributed by atoms with Crippen LogP contribution in [0.1, 0.15) is 54.8 Å². The Kier molecular flexibility index (Phi) is 3.70. The van der Waals surface area contributed by atoms with Gasteiger partial charge >= 0.3 is 0 Å². The van der Waals surface area contributed by atoms with Crippen molar-refractivity contribution in [2.75, 3.05) is 13.1 Å². The van der Waals surface area contributed by atoms with Crippen LogP contribution in [-0.2, 0) is 0 Å². The van der Waals surface area contributed by atoms with Crippen molar-refractivity contribution in [2.45, 2.75) is 44.6 Å². The molecular weight excluding hydrogens is 254 g/mol. The summed E-state index contributed by atoms with van der Waals surface area (Å²) in [6.07, 6.45) is 5.51. The second-order valence-electron chi connectivity index (χ2n) is 5.97. The number of piperidine rings is 1. The van der Waals surface area contributed by atoms with Crippen LogP contribution < -0.4 is 0 Å². The van der Waals surface area contributed by atoms with Crippen LogP contribution in [0, 0.1) is 5.92 Å². The molecule has 1 aliphatic heterocycles. The van der Waals surface area contributed by atoms with Gasteiger partial charge in [0.25, 0.3) is 5.91 Å². The average Bonchev–Trinajstić information content (AvgIpc) is 3.31. The molecule has 1 N–H and O–H groups in total. The first-order valence-corrected chi connectivity index (χ1v) is 7.45. The average molecular weight is 275 g/mol. The molecule has 1 aromatic heterocycles. The quantitative estimate of drug-likeness (QED) is 0.909. The Labute approximate surface area is 119 Å². The molecule has 0 spiro atoms. The Morgan fingerprint density at radius 2 is 2.25 bits per heavy atom. The van der Waals surface area contributed by atoms with Crippen LogP contribution in [0.2, 0.25) is 0 Å². The first-order chi connectivity index (χ1) is 9.65. The van der Waals surface area contributed by atoms with E-state index in [0.29, 0.717) is 18.2 Å². The highest BCUT2D eigenvalue weighted by Gasteiger charge is 2.30. The SMILES string of the molecule is CC(O)C1CCCN(C(=O)c2ccnc(C3CC3)n2)C1. The smallest absolute Gasteiger partial charge is 0.272 e. The summed E-state index contributed by atoms with van der Waals surface area (Å²) in [7, 11) is 0. The van der Waals surface area contributed by atoms with Gasteiger partial charge in [-0.15, -0.1) is 0 Å². The minimum absolute atomic E-state index is 0.0281. The highest BCUT2D eigenvalue weighted by Crippen LogP contribution is 2.37. The van der Waals surface area contributed by atoms with Crippen molar-refractivity contribution >= 4 is 5.91 Å². The van der Waals surface area contributed by atoms with Crippen molar-refractivity contribution in [3.05, 3.63) is 23.8 Å². The number of amides is 1. The van der Waals surface area contributed by atoms with E-state index in [-0.39, 0.29) is 17.9 Å². The van der Waals surface area contributed by atoms with E-state index >= 15 is 0 Å². The number of aromatic nitrogens is 2. The number of carbonyl (C=O) groups is 1. The van der Waals surface area contributed by atoms with Gasteiger partial charge in [0.2, 0.25) is 0 Å². The summed E-state index contributed by atoms with van der Waals surface area (Å²) in [4.78, 5) is 23.0. The van der Waals surface area contributed by atoms with Crippen molar-refractivity contribution in [3.63, 3.8) is 0 Å². The molecule has 5 nitrogen and oxygen atoms in total. The maximum absolute atomic E-state index is 12.5. The molecule has 1 saturated heterocycles. The van der Waals surface area contributed by atoms with E-state index in [1.54, 1.807) is 19.2 Å². The lowest BCUT2D eigenvalue weighted by molar-refractivity contribution is 0.0461. The van der Waals surface area contributed by atoms with E-state index < -0.39 is 0 Å². The minimum Gasteiger partial charge on any atom is -0.393 e. The first kappa shape index (κ1) is 13.5. The number of carbonyl (C=O) groups excluding carboxylic acids is 1. The van der Waals surface area contributed by atoms with Crippen LogP contribution in [0.25, 0.3) is 0 Å². The fraction of sp³-hybridized carbons (Fsp3) is 0.667. The van der Waals surface area contributed by atoms with E-state index in [9.17, 15) is 9.90 Å². The third kappa shape index (κ3) is 2.82. The summed E-state index contributed by atoms with van der Waals surface area (Å²) in [5.41, 5.74) is 0.494. The summed E-state index contributed by atoms with van der Waals surface area (Å²) in [6.45, 7) is 3.18. The van der Waals surface area contributed by atoms with Gasteiger partial charge in [-0.2, -0.15) is 0 Å². The number of rotatable bonds is 3. The van der Waals surface area contributed by atoms with Crippen LogP contribution in [0.5, 0.6) is 0 Å². The molecule has 5 heteroatoms. The molecule has 0 bridgehead atoms. The van der Waals surface area contributed by atoms with Crippen LogP contribution >= 0.6 is 0 Å². The highest BCUT2D eigenvalue weighted by atomic mass is 16.3. The largest absolute Gasteiger partial charge is 0.393 e. The van der Waals surface area contributed by atoms with E-state index in [0.717, 1.165) is 38.1 Å². The molecule has 3 rings (SSSR count). The standard InChI is InChI=1S/C15H21N3O2/c1-10(19)12-3-2-8-18(9-12)15(20)13-6-7-16-14(17-13)11-4-5-11/h6-7,10-12,19H,2-5,8-9H2,1H3. The Morgan fingerprint density at radius 3 is 2.95 bits per heavy atom. The molecule has 2 atom stereocenters. The van der Waals surface area contributed by atoms with Crippen LogP contribution in [0.3, 0.4) is 0 Å². The Balaban J connectivity index is 1.72. The summed E-state index contributed by atoms with van der Waals surface area (Å²) in [6, 6.07) is 1.69. The van der Waals surface area contributed by atoms with Crippen LogP contribution in [-0.4, -0.2) is 45.1 Å². The fourth-order valence-corrected chi connectivity index (χ4v) is 2.78. The molecular formula is C15H21N3O2. The zero-order chi connectivity index (χ0) is 14.1. The number of aliphatic hydroxyl groups excluding tert-OH is 1. The summed E-state index contributed by atoms with van der Waals surface area (Å²) >= 11 is 0. The molecule has 1 saturated carbocycles. The van der Waals surface area contributed by atoms with Gasteiger partial charge in [0.1, 0.15) is 11.5 Å². The maximum Gasteiger partial charge on any atom is 0.272 e. The van der Waals surface area contributed by atoms with Gasteiger partial charge in [0, 0.05) is 31.1 Å². The summed E-state index contributed by atoms with van der Waals surface area (Å²) in [5, 5.41) is 9.71. The monoisotopic (exact) mass is 275 g/mol. The van der Waals surface area contributed by atoms with Crippen molar-refractivity contribution in [3.8, 4) is 0 Å². The fourth-order valence-electron chi connectivity index (χ4n) is 2.78. The molecule has 20 heavy (non-hydrogen) atoms. The Hall–Kier alpha value is -1.49. The maximum atomic E-state index is 12.5. The third-order valence-corrected chi connectivity index (χ3v) is 4.26. The van der Waals surface area contributed by atoms with Crippen molar-refractivity contribution in [1.82, 2.24) is 14.9 Å². The lowest BCUT2D eigenvalue weighted by Gasteiger charge is -2.34. The number of hydrogen-bond acceptors (Lipinski definition) is 4. The normalized spacial score (nSPS) is 24.5. The molecule has 2 unspecified atom stereocenters. The zero-order valence-corrected chi connectivity index (χ0v) is 11.8. The van der Waals surface area contributed by atoms with Crippen molar-refractivity contribution in [2.24, 2.45) is 5.92 Å². The van der Waals surface area contributed by atoms with E-state index in [2.05, 4.69) is 9.97 Å². The molecule has 2 aliphatic rings. The summed E-state index contributed by atoms with van der Waals surface area (Å²) < 4.78 is 0. The molecule has 0 radical (unpaired) electrons. The third-order valence-electron chi connectivity index (χ3n) is 4.26. The molecule has 2 heterocycles. The summed E-state index contributed by atoms with van der Waals surface area (Å²) in [5.74, 6) is 1.41. The van der Waals surface area contributed by atoms with Gasteiger partial charge in [-0.25, -0.2) is 9.97 Å². The van der Waals surface area contributed by atoms with E-state index in [4.69, 9.17) is 0 Å². The second kappa shape index (κ2) is 5.48. The van der Waals surface area contributed by atoms with Gasteiger partial charge in [0.05, 0.1) is 6.10 Å². The van der Waals surface area contributed by atoms with Crippen molar-refractivity contribution in [1.29, 1.82) is 0 Å². The number of likely N-dealkylation sites (tertiary alicyclic amines) is 1. The van der Waals surface area contributed by atoms with Crippen molar-refractivity contribution < 1.29 is 9.90 Å². The van der Waals surface area contributed by atoms with Gasteiger partial charge < -0.3 is 10.0 Å². The Morgan fingerprint density at radius 1 is 1.45 bits per heavy atom. The minimum atomic E-state index is -0.363. The van der Waals surface area contributed by atoms with Crippen LogP contribution in [0.4, 0.5) is 0 Å². The van der Waals surface area contributed by atoms with Gasteiger partial charge in [-0.05, 0) is 38.7 Å². The van der Waals surface area contributed by atoms with E-state index in [1.165, 1.54) is 0 Å². The van der Waals surface area contributed by atoms with Gasteiger partial charge in [0.15, 0.2) is 0 Å². The van der Waals surface area contributed by atoms with Crippen LogP contribution in [0.15, 0.2) is 12.3 Å². The number of hydrogen-bond donors (Lipinski definition) is 1. The number of aliphatic hydroxyl groups is 1. The molecule has 1 aliphatic carbocycles. The molecule has 108 valence electrons. The second-order valence-corrected chi connectivity index (χ2v) is 5.97. The van der Waals surface area contributed by atoms with Gasteiger partial charge in [-0.3, -0.25) is 4.79 Å². The number of nitrogens with zero attached hydrogens (tertiary/aromatic N) is 3. The molecule has 2 fully saturated rings. The first-order valence-electron chi connectivity index (χ1n) is 7.45. The predicted octanol–water partition coefficient (Wildman–Crippen LogP) is 1.59. The topological polar surface area (TPSA) is 66.3 Å². The predicted molar refractivity (Wildman–Crippen MR) is 74.3 cm³/mol. The zero-order valence-electron chi connectivity index (χ0n) is 11.8. The molecule has 1 aromatic rings. The van der Waals surface area contributed by atoms with Gasteiger partial charge in [-0.1, -0.05) is 0 Å². The lowest BCUT2D eigenvalue weighted by Crippen LogP contribution is -2.43.